The van der Waals surface area contributed by atoms with E-state index in [1.807, 2.05) is 18.2 Å². The van der Waals surface area contributed by atoms with Crippen LogP contribution in [0.25, 0.3) is 5.52 Å². The van der Waals surface area contributed by atoms with Gasteiger partial charge in [0.15, 0.2) is 0 Å². The molecule has 7 heteroatoms. The molecule has 0 aromatic carbocycles. The van der Waals surface area contributed by atoms with Crippen LogP contribution in [-0.4, -0.2) is 44.2 Å². The fourth-order valence-corrected chi connectivity index (χ4v) is 3.31. The van der Waals surface area contributed by atoms with E-state index in [0.717, 1.165) is 11.1 Å². The number of fused-ring (bicyclic) bond motifs is 1. The smallest absolute Gasteiger partial charge is 0.253 e. The molecule has 3 aromatic heterocycles. The third kappa shape index (κ3) is 2.73. The fraction of sp³-hybridized carbons (Fsp3) is 0.222. The van der Waals surface area contributed by atoms with E-state index in [0.29, 0.717) is 5.56 Å². The van der Waals surface area contributed by atoms with Crippen molar-refractivity contribution in [3.8, 4) is 0 Å². The van der Waals surface area contributed by atoms with Crippen LogP contribution in [0.15, 0.2) is 55.4 Å². The Labute approximate surface area is 144 Å². The van der Waals surface area contributed by atoms with Crippen molar-refractivity contribution in [3.63, 3.8) is 0 Å². The first-order valence-electron chi connectivity index (χ1n) is 8.01. The molecule has 0 unspecified atom stereocenters. The summed E-state index contributed by atoms with van der Waals surface area (Å²) < 4.78 is 1.79. The maximum absolute atomic E-state index is 12.7. The number of likely N-dealkylation sites (N-methyl/N-ethyl adjacent to an activating group) is 1. The zero-order chi connectivity index (χ0) is 17.4. The first kappa shape index (κ1) is 15.3. The third-order valence-corrected chi connectivity index (χ3v) is 4.60. The molecule has 4 heterocycles. The minimum atomic E-state index is -0.298. The molecule has 0 radical (unpaired) electrons. The zero-order valence-electron chi connectivity index (χ0n) is 13.7. The highest BCUT2D eigenvalue weighted by Crippen LogP contribution is 2.31. The van der Waals surface area contributed by atoms with Crippen LogP contribution < -0.4 is 5.32 Å². The van der Waals surface area contributed by atoms with Crippen LogP contribution in [0.3, 0.4) is 0 Å². The van der Waals surface area contributed by atoms with Crippen LogP contribution in [0.4, 0.5) is 0 Å². The van der Waals surface area contributed by atoms with E-state index in [4.69, 9.17) is 0 Å². The largest absolute Gasteiger partial charge is 0.346 e. The number of carbonyl (C=O) groups is 2. The molecule has 3 aromatic rings. The van der Waals surface area contributed by atoms with Crippen LogP contribution in [0, 0.1) is 0 Å². The Morgan fingerprint density at radius 3 is 2.92 bits per heavy atom. The average molecular weight is 335 g/mol. The average Bonchev–Trinajstić information content (AvgIpc) is 3.20. The number of nitrogens with one attached hydrogen (secondary N) is 1. The van der Waals surface area contributed by atoms with E-state index < -0.39 is 0 Å². The van der Waals surface area contributed by atoms with Gasteiger partial charge in [0.25, 0.3) is 5.91 Å². The van der Waals surface area contributed by atoms with Crippen molar-refractivity contribution >= 4 is 17.3 Å². The summed E-state index contributed by atoms with van der Waals surface area (Å²) in [4.78, 5) is 34.7. The topological polar surface area (TPSA) is 79.6 Å². The van der Waals surface area contributed by atoms with Gasteiger partial charge < -0.3 is 14.6 Å². The molecule has 4 rings (SSSR count). The molecule has 126 valence electrons. The molecule has 7 nitrogen and oxygen atoms in total. The summed E-state index contributed by atoms with van der Waals surface area (Å²) in [7, 11) is 1.75. The van der Waals surface area contributed by atoms with Gasteiger partial charge in [-0.15, -0.1) is 0 Å². The number of imidazole rings is 1. The van der Waals surface area contributed by atoms with Crippen molar-refractivity contribution in [1.82, 2.24) is 24.6 Å². The van der Waals surface area contributed by atoms with Crippen molar-refractivity contribution in [2.24, 2.45) is 0 Å². The lowest BCUT2D eigenvalue weighted by atomic mass is 10.0. The molecule has 0 saturated carbocycles. The van der Waals surface area contributed by atoms with Crippen molar-refractivity contribution in [1.29, 1.82) is 0 Å². The molecule has 1 aliphatic rings. The second-order valence-corrected chi connectivity index (χ2v) is 6.16. The van der Waals surface area contributed by atoms with Crippen LogP contribution in [-0.2, 0) is 4.79 Å². The summed E-state index contributed by atoms with van der Waals surface area (Å²) in [6.07, 6.45) is 8.80. The molecule has 1 saturated heterocycles. The van der Waals surface area contributed by atoms with Gasteiger partial charge in [-0.05, 0) is 23.8 Å². The number of hydrogen-bond donors (Lipinski definition) is 1. The predicted molar refractivity (Wildman–Crippen MR) is 90.8 cm³/mol. The molecular weight excluding hydrogens is 318 g/mol. The van der Waals surface area contributed by atoms with E-state index in [9.17, 15) is 9.59 Å². The maximum atomic E-state index is 12.7. The standard InChI is InChI=1S/C18H17N5O2/c1-22-16(24)7-15(17(22)12-3-2-6-19-8-12)21-18(25)13-4-5-14-9-20-11-23(14)10-13/h2-6,8-11,15,17H,7H2,1H3,(H,21,25)/t15-,17+/m1/s1. The van der Waals surface area contributed by atoms with E-state index in [1.54, 1.807) is 53.5 Å². The third-order valence-electron chi connectivity index (χ3n) is 4.60. The molecular formula is C18H17N5O2. The van der Waals surface area contributed by atoms with Crippen molar-refractivity contribution < 1.29 is 9.59 Å². The Bertz CT molecular complexity index is 937. The quantitative estimate of drug-likeness (QED) is 0.785. The number of rotatable bonds is 3. The lowest BCUT2D eigenvalue weighted by Crippen LogP contribution is -2.39. The normalized spacial score (nSPS) is 20.2. The SMILES string of the molecule is CN1C(=O)C[C@@H](NC(=O)c2ccc3cncn3c2)[C@@H]1c1cccnc1. The summed E-state index contributed by atoms with van der Waals surface area (Å²) in [5, 5.41) is 3.00. The number of likely N-dealkylation sites (tertiary alicyclic amines) is 1. The monoisotopic (exact) mass is 335 g/mol. The van der Waals surface area contributed by atoms with Crippen LogP contribution in [0.1, 0.15) is 28.4 Å². The second kappa shape index (κ2) is 6.01. The Morgan fingerprint density at radius 1 is 1.24 bits per heavy atom. The van der Waals surface area contributed by atoms with Crippen molar-refractivity contribution in [2.75, 3.05) is 7.05 Å². The number of nitrogens with zero attached hydrogens (tertiary/aromatic N) is 4. The van der Waals surface area contributed by atoms with Gasteiger partial charge in [-0.2, -0.15) is 0 Å². The van der Waals surface area contributed by atoms with E-state index in [-0.39, 0.29) is 30.3 Å². The summed E-state index contributed by atoms with van der Waals surface area (Å²) in [5.41, 5.74) is 2.35. The molecule has 1 N–H and O–H groups in total. The number of hydrogen-bond acceptors (Lipinski definition) is 4. The highest BCUT2D eigenvalue weighted by molar-refractivity contribution is 5.95. The van der Waals surface area contributed by atoms with Gasteiger partial charge in [-0.1, -0.05) is 6.07 Å². The molecule has 2 amide bonds. The molecule has 25 heavy (non-hydrogen) atoms. The highest BCUT2D eigenvalue weighted by Gasteiger charge is 2.39. The van der Waals surface area contributed by atoms with E-state index in [1.165, 1.54) is 0 Å². The zero-order valence-corrected chi connectivity index (χ0v) is 13.7. The van der Waals surface area contributed by atoms with Crippen molar-refractivity contribution in [3.05, 3.63) is 66.5 Å². The summed E-state index contributed by atoms with van der Waals surface area (Å²) in [6.45, 7) is 0. The number of aromatic nitrogens is 3. The Balaban J connectivity index is 1.59. The fourth-order valence-electron chi connectivity index (χ4n) is 3.31. The summed E-state index contributed by atoms with van der Waals surface area (Å²) in [6, 6.07) is 6.83. The molecule has 0 spiro atoms. The molecule has 1 fully saturated rings. The summed E-state index contributed by atoms with van der Waals surface area (Å²) in [5.74, 6) is -0.207. The maximum Gasteiger partial charge on any atom is 0.253 e. The molecule has 2 atom stereocenters. The first-order valence-corrected chi connectivity index (χ1v) is 8.01. The minimum absolute atomic E-state index is 0.00390. The number of pyridine rings is 2. The van der Waals surface area contributed by atoms with Gasteiger partial charge in [0.2, 0.25) is 5.91 Å². The van der Waals surface area contributed by atoms with Gasteiger partial charge >= 0.3 is 0 Å². The Morgan fingerprint density at radius 2 is 2.12 bits per heavy atom. The van der Waals surface area contributed by atoms with Gasteiger partial charge in [-0.25, -0.2) is 4.98 Å². The van der Waals surface area contributed by atoms with Gasteiger partial charge in [0.05, 0.1) is 35.7 Å². The summed E-state index contributed by atoms with van der Waals surface area (Å²) >= 11 is 0. The second-order valence-electron chi connectivity index (χ2n) is 6.16. The Hall–Kier alpha value is -3.22. The number of carbonyl (C=O) groups excluding carboxylic acids is 2. The van der Waals surface area contributed by atoms with Gasteiger partial charge in [0.1, 0.15) is 0 Å². The van der Waals surface area contributed by atoms with E-state index in [2.05, 4.69) is 15.3 Å². The van der Waals surface area contributed by atoms with Crippen LogP contribution in [0.5, 0.6) is 0 Å². The lowest BCUT2D eigenvalue weighted by Gasteiger charge is -2.25. The van der Waals surface area contributed by atoms with Gasteiger partial charge in [0, 0.05) is 32.1 Å². The highest BCUT2D eigenvalue weighted by atomic mass is 16.2. The van der Waals surface area contributed by atoms with Crippen molar-refractivity contribution in [2.45, 2.75) is 18.5 Å². The molecule has 0 bridgehead atoms. The molecule has 1 aliphatic heterocycles. The molecule has 0 aliphatic carbocycles. The predicted octanol–water partition coefficient (Wildman–Crippen LogP) is 1.43. The lowest BCUT2D eigenvalue weighted by molar-refractivity contribution is -0.127. The van der Waals surface area contributed by atoms with Crippen LogP contribution in [0.2, 0.25) is 0 Å². The van der Waals surface area contributed by atoms with Gasteiger partial charge in [-0.3, -0.25) is 14.6 Å². The van der Waals surface area contributed by atoms with Crippen LogP contribution >= 0.6 is 0 Å². The van der Waals surface area contributed by atoms with E-state index >= 15 is 0 Å². The first-order chi connectivity index (χ1) is 12.1. The number of amides is 2. The Kier molecular flexibility index (Phi) is 3.68. The minimum Gasteiger partial charge on any atom is -0.346 e.